The number of carbonyl (C=O) groups is 2. The van der Waals surface area contributed by atoms with Crippen LogP contribution in [-0.2, 0) is 4.79 Å². The number of nitrogens with one attached hydrogen (secondary N) is 1. The first-order chi connectivity index (χ1) is 13.5. The Morgan fingerprint density at radius 1 is 1.14 bits per heavy atom. The van der Waals surface area contributed by atoms with E-state index in [1.807, 2.05) is 60.8 Å². The highest BCUT2D eigenvalue weighted by Crippen LogP contribution is 2.43. The number of benzene rings is 2. The summed E-state index contributed by atoms with van der Waals surface area (Å²) in [6, 6.07) is 16.8. The van der Waals surface area contributed by atoms with Crippen molar-refractivity contribution in [2.45, 2.75) is 18.9 Å². The second-order valence-electron chi connectivity index (χ2n) is 6.89. The van der Waals surface area contributed by atoms with Crippen LogP contribution in [0.4, 0.5) is 5.69 Å². The second kappa shape index (κ2) is 7.53. The third-order valence-electron chi connectivity index (χ3n) is 5.14. The van der Waals surface area contributed by atoms with Gasteiger partial charge in [0.05, 0.1) is 12.0 Å². The number of thiophene rings is 1. The quantitative estimate of drug-likeness (QED) is 0.578. The van der Waals surface area contributed by atoms with Crippen LogP contribution < -0.4 is 5.32 Å². The molecule has 1 N–H and O–H groups in total. The Kier molecular flexibility index (Phi) is 5.08. The summed E-state index contributed by atoms with van der Waals surface area (Å²) in [6.07, 6.45) is 0. The van der Waals surface area contributed by atoms with Crippen LogP contribution in [0, 0.1) is 6.92 Å². The number of likely N-dealkylation sites (N-methyl/N-ethyl adjacent to an activating group) is 1. The van der Waals surface area contributed by atoms with E-state index in [0.717, 1.165) is 26.2 Å². The van der Waals surface area contributed by atoms with Crippen molar-refractivity contribution in [1.29, 1.82) is 0 Å². The average molecular weight is 455 g/mol. The van der Waals surface area contributed by atoms with Crippen LogP contribution in [0.2, 0.25) is 0 Å². The van der Waals surface area contributed by atoms with Crippen molar-refractivity contribution in [3.63, 3.8) is 0 Å². The minimum atomic E-state index is -0.486. The van der Waals surface area contributed by atoms with Crippen molar-refractivity contribution >= 4 is 44.8 Å². The Morgan fingerprint density at radius 2 is 1.93 bits per heavy atom. The highest BCUT2D eigenvalue weighted by atomic mass is 79.9. The van der Waals surface area contributed by atoms with E-state index in [-0.39, 0.29) is 17.9 Å². The van der Waals surface area contributed by atoms with Gasteiger partial charge < -0.3 is 10.2 Å². The van der Waals surface area contributed by atoms with E-state index in [4.69, 9.17) is 0 Å². The zero-order valence-corrected chi connectivity index (χ0v) is 17.9. The molecule has 0 radical (unpaired) electrons. The van der Waals surface area contributed by atoms with E-state index in [0.29, 0.717) is 5.56 Å². The van der Waals surface area contributed by atoms with Gasteiger partial charge in [0.25, 0.3) is 5.91 Å². The Morgan fingerprint density at radius 3 is 2.64 bits per heavy atom. The van der Waals surface area contributed by atoms with Gasteiger partial charge in [0.1, 0.15) is 0 Å². The fourth-order valence-electron chi connectivity index (χ4n) is 3.75. The minimum absolute atomic E-state index is 0.0575. The van der Waals surface area contributed by atoms with Crippen molar-refractivity contribution in [1.82, 2.24) is 4.90 Å². The van der Waals surface area contributed by atoms with E-state index < -0.39 is 5.92 Å². The number of hydrogen-bond donors (Lipinski definition) is 1. The predicted octanol–water partition coefficient (Wildman–Crippen LogP) is 5.37. The van der Waals surface area contributed by atoms with E-state index in [9.17, 15) is 9.59 Å². The Balaban J connectivity index is 1.79. The summed E-state index contributed by atoms with van der Waals surface area (Å²) in [5, 5.41) is 5.06. The number of rotatable bonds is 3. The Bertz CT molecular complexity index is 1050. The largest absolute Gasteiger partial charge is 0.333 e. The first-order valence-electron chi connectivity index (χ1n) is 8.94. The standard InChI is InChI=1S/C22H19BrN2O2S/c1-13-12-14(23)9-10-17(13)24-21(26)19-15-6-3-4-7-16(15)22(27)25(2)20(19)18-8-5-11-28-18/h3-12,19-20H,1-2H3,(H,24,26)/t19-,20+/m1/s1. The Labute approximate surface area is 176 Å². The number of halogens is 1. The number of hydrogen-bond acceptors (Lipinski definition) is 3. The number of aryl methyl sites for hydroxylation is 1. The lowest BCUT2D eigenvalue weighted by Gasteiger charge is -2.39. The van der Waals surface area contributed by atoms with Crippen LogP contribution in [0.3, 0.4) is 0 Å². The molecule has 0 unspecified atom stereocenters. The molecule has 1 aliphatic heterocycles. The summed E-state index contributed by atoms with van der Waals surface area (Å²) in [5.41, 5.74) is 3.11. The molecular formula is C22H19BrN2O2S. The first kappa shape index (κ1) is 18.9. The lowest BCUT2D eigenvalue weighted by Crippen LogP contribution is -2.43. The molecule has 1 aromatic heterocycles. The highest BCUT2D eigenvalue weighted by molar-refractivity contribution is 9.10. The summed E-state index contributed by atoms with van der Waals surface area (Å²) in [7, 11) is 1.77. The third-order valence-corrected chi connectivity index (χ3v) is 6.58. The summed E-state index contributed by atoms with van der Waals surface area (Å²) >= 11 is 5.02. The molecule has 28 heavy (non-hydrogen) atoms. The molecule has 0 fully saturated rings. The zero-order chi connectivity index (χ0) is 19.8. The van der Waals surface area contributed by atoms with E-state index in [2.05, 4.69) is 21.2 Å². The van der Waals surface area contributed by atoms with Crippen molar-refractivity contribution < 1.29 is 9.59 Å². The lowest BCUT2D eigenvalue weighted by molar-refractivity contribution is -0.119. The lowest BCUT2D eigenvalue weighted by atomic mass is 9.81. The minimum Gasteiger partial charge on any atom is -0.333 e. The summed E-state index contributed by atoms with van der Waals surface area (Å²) in [5.74, 6) is -0.658. The van der Waals surface area contributed by atoms with Crippen LogP contribution in [0.25, 0.3) is 0 Å². The molecule has 0 saturated heterocycles. The molecule has 3 aromatic rings. The number of anilines is 1. The van der Waals surface area contributed by atoms with Crippen LogP contribution in [0.1, 0.15) is 38.3 Å². The van der Waals surface area contributed by atoms with Gasteiger partial charge in [-0.3, -0.25) is 9.59 Å². The van der Waals surface area contributed by atoms with Crippen molar-refractivity contribution in [3.8, 4) is 0 Å². The molecular weight excluding hydrogens is 436 g/mol. The van der Waals surface area contributed by atoms with Gasteiger partial charge in [-0.15, -0.1) is 11.3 Å². The fraction of sp³-hybridized carbons (Fsp3) is 0.182. The summed E-state index contributed by atoms with van der Waals surface area (Å²) in [4.78, 5) is 29.1. The first-order valence-corrected chi connectivity index (χ1v) is 10.6. The maximum atomic E-state index is 13.5. The number of amides is 2. The van der Waals surface area contributed by atoms with Gasteiger partial charge in [-0.2, -0.15) is 0 Å². The van der Waals surface area contributed by atoms with Crippen molar-refractivity contribution in [2.75, 3.05) is 12.4 Å². The smallest absolute Gasteiger partial charge is 0.254 e. The Hall–Kier alpha value is -2.44. The molecule has 2 heterocycles. The maximum Gasteiger partial charge on any atom is 0.254 e. The van der Waals surface area contributed by atoms with Gasteiger partial charge in [0, 0.05) is 27.6 Å². The molecule has 0 aliphatic carbocycles. The molecule has 2 amide bonds. The second-order valence-corrected chi connectivity index (χ2v) is 8.78. The van der Waals surface area contributed by atoms with Crippen LogP contribution in [-0.4, -0.2) is 23.8 Å². The van der Waals surface area contributed by atoms with Gasteiger partial charge >= 0.3 is 0 Å². The normalized spacial score (nSPS) is 18.7. The predicted molar refractivity (Wildman–Crippen MR) is 116 cm³/mol. The van der Waals surface area contributed by atoms with Crippen molar-refractivity contribution in [2.24, 2.45) is 0 Å². The third kappa shape index (κ3) is 3.27. The summed E-state index contributed by atoms with van der Waals surface area (Å²) in [6.45, 7) is 1.96. The molecule has 2 aromatic carbocycles. The van der Waals surface area contributed by atoms with Crippen molar-refractivity contribution in [3.05, 3.63) is 86.0 Å². The van der Waals surface area contributed by atoms with Gasteiger partial charge in [0.15, 0.2) is 0 Å². The molecule has 0 bridgehead atoms. The van der Waals surface area contributed by atoms with Gasteiger partial charge in [0.2, 0.25) is 5.91 Å². The number of nitrogens with zero attached hydrogens (tertiary/aromatic N) is 1. The van der Waals surface area contributed by atoms with Gasteiger partial charge in [-0.05, 0) is 53.8 Å². The number of fused-ring (bicyclic) bond motifs is 1. The topological polar surface area (TPSA) is 49.4 Å². The number of carbonyl (C=O) groups excluding carboxylic acids is 2. The fourth-order valence-corrected chi connectivity index (χ4v) is 5.13. The molecule has 0 spiro atoms. The molecule has 2 atom stereocenters. The average Bonchev–Trinajstić information content (AvgIpc) is 3.21. The van der Waals surface area contributed by atoms with Gasteiger partial charge in [-0.25, -0.2) is 0 Å². The molecule has 142 valence electrons. The zero-order valence-electron chi connectivity index (χ0n) is 15.5. The SMILES string of the molecule is Cc1cc(Br)ccc1NC(=O)[C@@H]1c2ccccc2C(=O)N(C)[C@H]1c1cccs1. The maximum absolute atomic E-state index is 13.5. The highest BCUT2D eigenvalue weighted by Gasteiger charge is 2.43. The molecule has 4 nitrogen and oxygen atoms in total. The molecule has 0 saturated carbocycles. The van der Waals surface area contributed by atoms with Crippen LogP contribution >= 0.6 is 27.3 Å². The molecule has 4 rings (SSSR count). The molecule has 1 aliphatic rings. The van der Waals surface area contributed by atoms with E-state index in [1.165, 1.54) is 0 Å². The summed E-state index contributed by atoms with van der Waals surface area (Å²) < 4.78 is 0.966. The van der Waals surface area contributed by atoms with E-state index >= 15 is 0 Å². The van der Waals surface area contributed by atoms with Crippen LogP contribution in [0.5, 0.6) is 0 Å². The van der Waals surface area contributed by atoms with Gasteiger partial charge in [-0.1, -0.05) is 40.2 Å². The molecule has 6 heteroatoms. The van der Waals surface area contributed by atoms with E-state index in [1.54, 1.807) is 29.4 Å². The monoisotopic (exact) mass is 454 g/mol. The van der Waals surface area contributed by atoms with Crippen LogP contribution in [0.15, 0.2) is 64.5 Å².